The molecule has 2 heterocycles. The van der Waals surface area contributed by atoms with Crippen molar-refractivity contribution in [3.05, 3.63) is 59.9 Å². The van der Waals surface area contributed by atoms with E-state index in [1.54, 1.807) is 9.80 Å². The molecule has 4 rings (SSSR count). The van der Waals surface area contributed by atoms with E-state index in [1.165, 1.54) is 36.0 Å². The summed E-state index contributed by atoms with van der Waals surface area (Å²) in [5.74, 6) is -0.466. The minimum absolute atomic E-state index is 0.0963. The van der Waals surface area contributed by atoms with E-state index < -0.39 is 4.87 Å². The summed E-state index contributed by atoms with van der Waals surface area (Å²) in [7, 11) is 0. The third kappa shape index (κ3) is 2.76. The van der Waals surface area contributed by atoms with E-state index in [0.717, 1.165) is 11.3 Å². The second-order valence-corrected chi connectivity index (χ2v) is 9.50. The molecule has 2 aromatic carbocycles. The van der Waals surface area contributed by atoms with Crippen LogP contribution in [0.3, 0.4) is 0 Å². The van der Waals surface area contributed by atoms with Crippen LogP contribution in [0.4, 0.5) is 20.6 Å². The van der Waals surface area contributed by atoms with Crippen molar-refractivity contribution in [2.75, 3.05) is 23.3 Å². The molecule has 2 aliphatic heterocycles. The molecule has 28 heavy (non-hydrogen) atoms. The van der Waals surface area contributed by atoms with Crippen LogP contribution < -0.4 is 10.2 Å². The van der Waals surface area contributed by atoms with Crippen LogP contribution >= 0.6 is 11.8 Å². The van der Waals surface area contributed by atoms with Gasteiger partial charge in [0.2, 0.25) is 0 Å². The summed E-state index contributed by atoms with van der Waals surface area (Å²) in [5, 5.41) is 2.82. The number of hydrogen-bond donors (Lipinski definition) is 1. The number of hydrogen-bond acceptors (Lipinski definition) is 3. The zero-order valence-electron chi connectivity index (χ0n) is 16.0. The summed E-state index contributed by atoms with van der Waals surface area (Å²) >= 11 is 1.51. The molecule has 1 N–H and O–H groups in total. The molecule has 1 spiro atoms. The lowest BCUT2D eigenvalue weighted by molar-refractivity contribution is -0.123. The smallest absolute Gasteiger partial charge is 0.309 e. The van der Waals surface area contributed by atoms with Gasteiger partial charge in [-0.2, -0.15) is 0 Å². The number of para-hydroxylation sites is 1. The number of nitrogens with zero attached hydrogens (tertiary/aromatic N) is 2. The SMILES string of the molecule is CCN1C(=O)[C@]2(SC(C)(C)CN2C(=O)Nc2ccc(F)cc2)c2ccccc21. The number of carbonyl (C=O) groups excluding carboxylic acids is 2. The van der Waals surface area contributed by atoms with Crippen LogP contribution in [-0.4, -0.2) is 34.7 Å². The highest BCUT2D eigenvalue weighted by Crippen LogP contribution is 2.59. The largest absolute Gasteiger partial charge is 0.323 e. The van der Waals surface area contributed by atoms with Crippen molar-refractivity contribution in [1.29, 1.82) is 0 Å². The minimum Gasteiger partial charge on any atom is -0.309 e. The highest BCUT2D eigenvalue weighted by molar-refractivity contribution is 8.02. The van der Waals surface area contributed by atoms with Gasteiger partial charge in [-0.05, 0) is 51.1 Å². The fraction of sp³-hybridized carbons (Fsp3) is 0.333. The lowest BCUT2D eigenvalue weighted by Crippen LogP contribution is -2.51. The molecule has 2 aliphatic rings. The molecule has 1 atom stereocenters. The predicted molar refractivity (Wildman–Crippen MR) is 110 cm³/mol. The van der Waals surface area contributed by atoms with Gasteiger partial charge in [0, 0.05) is 29.1 Å². The molecule has 0 bridgehead atoms. The number of amides is 3. The monoisotopic (exact) mass is 399 g/mol. The standard InChI is InChI=1S/C21H22FN3O2S/c1-4-24-17-8-6-5-7-16(17)21(18(24)26)25(13-20(2,3)28-21)19(27)23-15-11-9-14(22)10-12-15/h5-12H,4,13H2,1-3H3,(H,23,27)/t21-/m1/s1. The Morgan fingerprint density at radius 3 is 2.54 bits per heavy atom. The van der Waals surface area contributed by atoms with Crippen LogP contribution in [0.15, 0.2) is 48.5 Å². The van der Waals surface area contributed by atoms with Gasteiger partial charge in [0.25, 0.3) is 5.91 Å². The van der Waals surface area contributed by atoms with E-state index in [-0.39, 0.29) is 22.5 Å². The number of anilines is 2. The average molecular weight is 399 g/mol. The number of halogens is 1. The zero-order valence-corrected chi connectivity index (χ0v) is 16.8. The van der Waals surface area contributed by atoms with Crippen molar-refractivity contribution in [1.82, 2.24) is 4.90 Å². The molecule has 146 valence electrons. The summed E-state index contributed by atoms with van der Waals surface area (Å²) in [5.41, 5.74) is 2.17. The van der Waals surface area contributed by atoms with Gasteiger partial charge >= 0.3 is 6.03 Å². The maximum atomic E-state index is 13.6. The van der Waals surface area contributed by atoms with E-state index in [4.69, 9.17) is 0 Å². The average Bonchev–Trinajstić information content (AvgIpc) is 3.09. The number of likely N-dealkylation sites (N-methyl/N-ethyl adjacent to an activating group) is 1. The third-order valence-corrected chi connectivity index (χ3v) is 6.69. The van der Waals surface area contributed by atoms with Gasteiger partial charge in [0.15, 0.2) is 4.87 Å². The molecule has 0 aliphatic carbocycles. The first-order valence-electron chi connectivity index (χ1n) is 9.24. The summed E-state index contributed by atoms with van der Waals surface area (Å²) in [6.07, 6.45) is 0. The van der Waals surface area contributed by atoms with Crippen molar-refractivity contribution in [2.24, 2.45) is 0 Å². The van der Waals surface area contributed by atoms with E-state index in [2.05, 4.69) is 5.32 Å². The van der Waals surface area contributed by atoms with Crippen LogP contribution in [0, 0.1) is 5.82 Å². The molecule has 2 aromatic rings. The molecule has 3 amide bonds. The van der Waals surface area contributed by atoms with Crippen molar-refractivity contribution in [2.45, 2.75) is 30.4 Å². The normalized spacial score (nSPS) is 22.6. The van der Waals surface area contributed by atoms with E-state index in [0.29, 0.717) is 18.8 Å². The molecule has 0 saturated carbocycles. The maximum absolute atomic E-state index is 13.6. The van der Waals surface area contributed by atoms with Crippen LogP contribution in [0.25, 0.3) is 0 Å². The minimum atomic E-state index is -1.10. The van der Waals surface area contributed by atoms with Gasteiger partial charge in [-0.3, -0.25) is 9.69 Å². The van der Waals surface area contributed by atoms with Crippen LogP contribution in [0.5, 0.6) is 0 Å². The van der Waals surface area contributed by atoms with Crippen LogP contribution in [0.2, 0.25) is 0 Å². The second kappa shape index (κ2) is 6.51. The summed E-state index contributed by atoms with van der Waals surface area (Å²) in [4.78, 5) is 29.1. The Bertz CT molecular complexity index is 947. The molecule has 7 heteroatoms. The molecule has 5 nitrogen and oxygen atoms in total. The fourth-order valence-electron chi connectivity index (χ4n) is 3.99. The Balaban J connectivity index is 1.77. The Morgan fingerprint density at radius 2 is 1.86 bits per heavy atom. The van der Waals surface area contributed by atoms with Crippen LogP contribution in [-0.2, 0) is 9.67 Å². The van der Waals surface area contributed by atoms with Gasteiger partial charge < -0.3 is 10.2 Å². The first-order chi connectivity index (χ1) is 13.3. The molecule has 0 unspecified atom stereocenters. The Kier molecular flexibility index (Phi) is 4.38. The highest BCUT2D eigenvalue weighted by Gasteiger charge is 2.63. The van der Waals surface area contributed by atoms with Crippen LogP contribution in [0.1, 0.15) is 26.3 Å². The number of urea groups is 1. The summed E-state index contributed by atoms with van der Waals surface area (Å²) in [6, 6.07) is 12.9. The first kappa shape index (κ1) is 18.8. The third-order valence-electron chi connectivity index (χ3n) is 5.09. The van der Waals surface area contributed by atoms with E-state index in [9.17, 15) is 14.0 Å². The Morgan fingerprint density at radius 1 is 1.18 bits per heavy atom. The molecule has 0 radical (unpaired) electrons. The topological polar surface area (TPSA) is 52.7 Å². The van der Waals surface area contributed by atoms with Gasteiger partial charge in [-0.15, -0.1) is 11.8 Å². The first-order valence-corrected chi connectivity index (χ1v) is 10.1. The maximum Gasteiger partial charge on any atom is 0.323 e. The fourth-order valence-corrected chi connectivity index (χ4v) is 5.73. The molecule has 1 fully saturated rings. The lowest BCUT2D eigenvalue weighted by atomic mass is 10.1. The number of benzene rings is 2. The summed E-state index contributed by atoms with van der Waals surface area (Å²) < 4.78 is 12.9. The quantitative estimate of drug-likeness (QED) is 0.814. The van der Waals surface area contributed by atoms with Gasteiger partial charge in [-0.25, -0.2) is 9.18 Å². The van der Waals surface area contributed by atoms with E-state index in [1.807, 2.05) is 45.0 Å². The number of fused-ring (bicyclic) bond motifs is 2. The van der Waals surface area contributed by atoms with Gasteiger partial charge in [0.1, 0.15) is 5.82 Å². The van der Waals surface area contributed by atoms with Crippen molar-refractivity contribution >= 4 is 35.1 Å². The highest BCUT2D eigenvalue weighted by atomic mass is 32.2. The molecular formula is C21H22FN3O2S. The van der Waals surface area contributed by atoms with Crippen molar-refractivity contribution in [3.8, 4) is 0 Å². The zero-order chi connectivity index (χ0) is 20.1. The summed E-state index contributed by atoms with van der Waals surface area (Å²) in [6.45, 7) is 6.96. The molecular weight excluding hydrogens is 377 g/mol. The van der Waals surface area contributed by atoms with Gasteiger partial charge in [-0.1, -0.05) is 18.2 Å². The lowest BCUT2D eigenvalue weighted by Gasteiger charge is -2.33. The predicted octanol–water partition coefficient (Wildman–Crippen LogP) is 4.40. The molecule has 0 aromatic heterocycles. The molecule has 1 saturated heterocycles. The number of thioether (sulfide) groups is 1. The number of carbonyl (C=O) groups is 2. The van der Waals surface area contributed by atoms with Crippen molar-refractivity contribution in [3.63, 3.8) is 0 Å². The number of rotatable bonds is 2. The van der Waals surface area contributed by atoms with Crippen molar-refractivity contribution < 1.29 is 14.0 Å². The second-order valence-electron chi connectivity index (χ2n) is 7.60. The van der Waals surface area contributed by atoms with E-state index >= 15 is 0 Å². The Hall–Kier alpha value is -2.54. The Labute approximate surface area is 167 Å². The number of nitrogens with one attached hydrogen (secondary N) is 1. The van der Waals surface area contributed by atoms with Gasteiger partial charge in [0.05, 0.1) is 5.69 Å².